The van der Waals surface area contributed by atoms with E-state index in [0.717, 1.165) is 38.5 Å². The number of unbranched alkanes of at least 4 members (excludes halogenated alkanes) is 6. The van der Waals surface area contributed by atoms with Crippen LogP contribution in [0.3, 0.4) is 0 Å². The summed E-state index contributed by atoms with van der Waals surface area (Å²) >= 11 is 0. The van der Waals surface area contributed by atoms with Crippen molar-refractivity contribution in [2.45, 2.75) is 104 Å². The Morgan fingerprint density at radius 1 is 0.567 bits per heavy atom. The summed E-state index contributed by atoms with van der Waals surface area (Å²) in [5.41, 5.74) is 0. The Morgan fingerprint density at radius 3 is 1.37 bits per heavy atom. The van der Waals surface area contributed by atoms with E-state index in [1.54, 1.807) is 27.7 Å². The van der Waals surface area contributed by atoms with E-state index in [1.807, 2.05) is 6.92 Å². The second-order valence-corrected chi connectivity index (χ2v) is 11.9. The van der Waals surface area contributed by atoms with Gasteiger partial charge in [0, 0.05) is 13.0 Å². The fraction of sp³-hybridized carbons (Fsp3) is 1.00. The van der Waals surface area contributed by atoms with Crippen LogP contribution in [-0.4, -0.2) is 38.1 Å². The van der Waals surface area contributed by atoms with Crippen LogP contribution in [0.15, 0.2) is 0 Å². The molecule has 9 heteroatoms. The third-order valence-electron chi connectivity index (χ3n) is 4.74. The molecule has 0 aromatic rings. The molecule has 0 unspecified atom stereocenters. The second-order valence-electron chi connectivity index (χ2n) is 7.13. The van der Waals surface area contributed by atoms with E-state index in [2.05, 4.69) is 6.92 Å². The van der Waals surface area contributed by atoms with Gasteiger partial charge < -0.3 is 22.8 Å². The van der Waals surface area contributed by atoms with Gasteiger partial charge in [0.1, 0.15) is 0 Å². The molecule has 0 heterocycles. The van der Waals surface area contributed by atoms with E-state index in [0.29, 0.717) is 6.42 Å². The summed E-state index contributed by atoms with van der Waals surface area (Å²) in [4.78, 5) is 0. The monoisotopic (exact) mass is 472 g/mol. The van der Waals surface area contributed by atoms with E-state index < -0.39 is 20.3 Å². The van der Waals surface area contributed by atoms with Gasteiger partial charge in [-0.05, 0) is 40.5 Å². The molecule has 0 rings (SSSR count). The molecule has 0 N–H and O–H groups in total. The minimum Gasteiger partial charge on any atom is -0.352 e. The van der Waals surface area contributed by atoms with Crippen LogP contribution in [0, 0.1) is 0 Å². The minimum absolute atomic E-state index is 0.144. The van der Waals surface area contributed by atoms with Crippen LogP contribution in [0.2, 0.25) is 0 Å². The molecule has 30 heavy (non-hydrogen) atoms. The first kappa shape index (κ1) is 30.3. The van der Waals surface area contributed by atoms with Gasteiger partial charge >= 0.3 is 15.2 Å². The maximum atomic E-state index is 14.1. The first-order chi connectivity index (χ1) is 14.4. The molecule has 7 nitrogen and oxygen atoms in total. The summed E-state index contributed by atoms with van der Waals surface area (Å²) in [6, 6.07) is 0. The maximum Gasteiger partial charge on any atom is 0.374 e. The molecule has 0 atom stereocenters. The van der Waals surface area contributed by atoms with Crippen LogP contribution < -0.4 is 0 Å². The molecular weight excluding hydrogens is 426 g/mol. The van der Waals surface area contributed by atoms with E-state index in [9.17, 15) is 9.13 Å². The lowest BCUT2D eigenvalue weighted by molar-refractivity contribution is 0.00821. The molecule has 182 valence electrons. The largest absolute Gasteiger partial charge is 0.374 e. The average molecular weight is 473 g/mol. The van der Waals surface area contributed by atoms with Crippen molar-refractivity contribution in [1.82, 2.24) is 0 Å². The van der Waals surface area contributed by atoms with Crippen LogP contribution in [0.25, 0.3) is 0 Å². The van der Waals surface area contributed by atoms with E-state index >= 15 is 0 Å². The van der Waals surface area contributed by atoms with Gasteiger partial charge in [-0.2, -0.15) is 0 Å². The van der Waals surface area contributed by atoms with E-state index in [1.165, 1.54) is 6.42 Å². The summed E-state index contributed by atoms with van der Waals surface area (Å²) in [6.45, 7) is 12.0. The summed E-state index contributed by atoms with van der Waals surface area (Å²) < 4.78 is 57.1. The van der Waals surface area contributed by atoms with Gasteiger partial charge in [0.05, 0.1) is 26.4 Å². The molecule has 0 aliphatic rings. The topological polar surface area (TPSA) is 80.3 Å². The molecule has 0 aliphatic heterocycles. The molecule has 0 fully saturated rings. The van der Waals surface area contributed by atoms with Crippen molar-refractivity contribution in [1.29, 1.82) is 0 Å². The Kier molecular flexibility index (Phi) is 17.0. The minimum atomic E-state index is -3.98. The summed E-state index contributed by atoms with van der Waals surface area (Å²) in [5.74, 6) is 0. The summed E-state index contributed by atoms with van der Waals surface area (Å²) in [5, 5.41) is -1.77. The fourth-order valence-electron chi connectivity index (χ4n) is 3.33. The Balaban J connectivity index is 6.16. The quantitative estimate of drug-likeness (QED) is 0.125. The van der Waals surface area contributed by atoms with Crippen molar-refractivity contribution in [3.63, 3.8) is 0 Å². The zero-order valence-corrected chi connectivity index (χ0v) is 21.9. The highest BCUT2D eigenvalue weighted by atomic mass is 31.2. The molecule has 0 aromatic carbocycles. The highest BCUT2D eigenvalue weighted by Crippen LogP contribution is 2.79. The molecule has 0 saturated heterocycles. The number of hydrogen-bond acceptors (Lipinski definition) is 7. The Labute approximate surface area is 185 Å². The van der Waals surface area contributed by atoms with Gasteiger partial charge in [-0.25, -0.2) is 0 Å². The SMILES string of the molecule is CCCCCCCCC(OCCCC)(P(=O)(OCC)OCC)P(=O)(OCC)OCC. The molecule has 0 aliphatic carbocycles. The lowest BCUT2D eigenvalue weighted by atomic mass is 10.1. The number of hydrogen-bond donors (Lipinski definition) is 0. The first-order valence-electron chi connectivity index (χ1n) is 11.8. The third-order valence-corrected chi connectivity index (χ3v) is 11.0. The predicted molar refractivity (Wildman–Crippen MR) is 123 cm³/mol. The van der Waals surface area contributed by atoms with Crippen LogP contribution in [-0.2, 0) is 32.0 Å². The number of rotatable bonds is 21. The van der Waals surface area contributed by atoms with Crippen molar-refractivity contribution < 1.29 is 32.0 Å². The highest BCUT2D eigenvalue weighted by Gasteiger charge is 2.66. The van der Waals surface area contributed by atoms with Gasteiger partial charge in [-0.1, -0.05) is 52.4 Å². The van der Waals surface area contributed by atoms with Crippen molar-refractivity contribution in [2.24, 2.45) is 0 Å². The zero-order chi connectivity index (χ0) is 22.9. The Morgan fingerprint density at radius 2 is 0.967 bits per heavy atom. The molecule has 0 aromatic heterocycles. The molecule has 0 spiro atoms. The lowest BCUT2D eigenvalue weighted by Gasteiger charge is -2.42. The van der Waals surface area contributed by atoms with Crippen LogP contribution in [0.1, 0.15) is 99.3 Å². The van der Waals surface area contributed by atoms with Gasteiger partial charge in [-0.3, -0.25) is 9.13 Å². The second kappa shape index (κ2) is 16.8. The van der Waals surface area contributed by atoms with Gasteiger partial charge in [0.25, 0.3) is 5.08 Å². The standard InChI is InChI=1S/C21H46O7P2/c1-7-13-15-16-17-18-19-21(24-20-14-8-2,29(22,25-9-3)26-10-4)30(23,27-11-5)28-12-6/h7-20H2,1-6H3. The summed E-state index contributed by atoms with van der Waals surface area (Å²) in [6.07, 6.45) is 7.98. The predicted octanol–water partition coefficient (Wildman–Crippen LogP) is 7.74. The summed E-state index contributed by atoms with van der Waals surface area (Å²) in [7, 11) is -7.96. The van der Waals surface area contributed by atoms with Crippen LogP contribution in [0.5, 0.6) is 0 Å². The van der Waals surface area contributed by atoms with Crippen LogP contribution in [0.4, 0.5) is 0 Å². The van der Waals surface area contributed by atoms with Crippen molar-refractivity contribution in [3.8, 4) is 0 Å². The van der Waals surface area contributed by atoms with Crippen molar-refractivity contribution >= 4 is 15.2 Å². The normalized spacial score (nSPS) is 13.1. The fourth-order valence-corrected chi connectivity index (χ4v) is 8.90. The molecular formula is C21H46O7P2. The lowest BCUT2D eigenvalue weighted by Crippen LogP contribution is -2.37. The molecule has 0 amide bonds. The molecule has 0 bridgehead atoms. The van der Waals surface area contributed by atoms with Crippen molar-refractivity contribution in [2.75, 3.05) is 33.0 Å². The molecule has 0 radical (unpaired) electrons. The smallest absolute Gasteiger partial charge is 0.352 e. The van der Waals surface area contributed by atoms with Crippen molar-refractivity contribution in [3.05, 3.63) is 0 Å². The third kappa shape index (κ3) is 8.65. The average Bonchev–Trinajstić information content (AvgIpc) is 2.70. The Hall–Kier alpha value is 0.260. The molecule has 0 saturated carbocycles. The van der Waals surface area contributed by atoms with Gasteiger partial charge in [0.15, 0.2) is 0 Å². The van der Waals surface area contributed by atoms with Crippen LogP contribution >= 0.6 is 15.2 Å². The maximum absolute atomic E-state index is 14.1. The zero-order valence-electron chi connectivity index (χ0n) is 20.2. The van der Waals surface area contributed by atoms with E-state index in [-0.39, 0.29) is 39.5 Å². The van der Waals surface area contributed by atoms with Gasteiger partial charge in [0.2, 0.25) is 0 Å². The van der Waals surface area contributed by atoms with Gasteiger partial charge in [-0.15, -0.1) is 0 Å². The number of ether oxygens (including phenoxy) is 1. The first-order valence-corrected chi connectivity index (χ1v) is 14.9. The Bertz CT molecular complexity index is 464. The highest BCUT2D eigenvalue weighted by molar-refractivity contribution is 7.74. The van der Waals surface area contributed by atoms with E-state index in [4.69, 9.17) is 22.8 Å².